The molecule has 3 N–H and O–H groups in total. The van der Waals surface area contributed by atoms with Gasteiger partial charge in [-0.2, -0.15) is 0 Å². The van der Waals surface area contributed by atoms with Crippen LogP contribution < -0.4 is 15.8 Å². The molecule has 0 saturated heterocycles. The summed E-state index contributed by atoms with van der Waals surface area (Å²) < 4.78 is 5.08. The molecule has 4 nitrogen and oxygen atoms in total. The van der Waals surface area contributed by atoms with Gasteiger partial charge in [-0.05, 0) is 30.3 Å². The van der Waals surface area contributed by atoms with E-state index in [-0.39, 0.29) is 0 Å². The highest BCUT2D eigenvalue weighted by atomic mass is 16.5. The number of anilines is 3. The molecule has 0 aliphatic heterocycles. The van der Waals surface area contributed by atoms with Gasteiger partial charge in [0.25, 0.3) is 0 Å². The largest absolute Gasteiger partial charge is 0.497 e. The van der Waals surface area contributed by atoms with Gasteiger partial charge in [-0.3, -0.25) is 4.98 Å². The molecule has 0 aliphatic carbocycles. The quantitative estimate of drug-likeness (QED) is 0.825. The molecule has 1 aromatic carbocycles. The van der Waals surface area contributed by atoms with Crippen molar-refractivity contribution < 1.29 is 4.74 Å². The maximum absolute atomic E-state index is 5.80. The number of aromatic nitrogens is 1. The summed E-state index contributed by atoms with van der Waals surface area (Å²) in [6.45, 7) is 0. The fraction of sp³-hybridized carbons (Fsp3) is 0.0833. The number of pyridine rings is 1. The van der Waals surface area contributed by atoms with Crippen LogP contribution in [0.3, 0.4) is 0 Å². The summed E-state index contributed by atoms with van der Waals surface area (Å²) in [7, 11) is 1.64. The van der Waals surface area contributed by atoms with Crippen molar-refractivity contribution >= 4 is 17.1 Å². The van der Waals surface area contributed by atoms with E-state index in [9.17, 15) is 0 Å². The lowest BCUT2D eigenvalue weighted by molar-refractivity contribution is 0.415. The molecule has 0 saturated carbocycles. The minimum absolute atomic E-state index is 0.672. The van der Waals surface area contributed by atoms with E-state index in [2.05, 4.69) is 10.3 Å². The van der Waals surface area contributed by atoms with Crippen molar-refractivity contribution in [2.24, 2.45) is 0 Å². The zero-order chi connectivity index (χ0) is 11.4. The van der Waals surface area contributed by atoms with Crippen molar-refractivity contribution in [1.82, 2.24) is 4.98 Å². The maximum atomic E-state index is 5.80. The smallest absolute Gasteiger partial charge is 0.119 e. The number of benzene rings is 1. The number of nitrogens with zero attached hydrogens (tertiary/aromatic N) is 1. The van der Waals surface area contributed by atoms with Crippen molar-refractivity contribution in [2.75, 3.05) is 18.2 Å². The third-order valence-electron chi connectivity index (χ3n) is 2.22. The summed E-state index contributed by atoms with van der Waals surface area (Å²) in [4.78, 5) is 4.01. The van der Waals surface area contributed by atoms with E-state index in [4.69, 9.17) is 10.5 Å². The maximum Gasteiger partial charge on any atom is 0.119 e. The Hall–Kier alpha value is -2.23. The van der Waals surface area contributed by atoms with E-state index in [1.807, 2.05) is 24.3 Å². The summed E-state index contributed by atoms with van der Waals surface area (Å²) in [5, 5.41) is 3.18. The molecule has 0 aliphatic rings. The highest BCUT2D eigenvalue weighted by Crippen LogP contribution is 2.22. The first kappa shape index (κ1) is 10.3. The van der Waals surface area contributed by atoms with E-state index < -0.39 is 0 Å². The Labute approximate surface area is 94.1 Å². The summed E-state index contributed by atoms with van der Waals surface area (Å²) in [6.07, 6.45) is 3.36. The Kier molecular flexibility index (Phi) is 2.91. The lowest BCUT2D eigenvalue weighted by Crippen LogP contribution is -1.96. The van der Waals surface area contributed by atoms with Gasteiger partial charge in [-0.25, -0.2) is 0 Å². The molecule has 0 radical (unpaired) electrons. The van der Waals surface area contributed by atoms with Gasteiger partial charge in [-0.1, -0.05) is 0 Å². The molecule has 0 unspecified atom stereocenters. The highest BCUT2D eigenvalue weighted by Gasteiger charge is 1.99. The Bertz CT molecular complexity index is 468. The molecule has 1 aromatic heterocycles. The Morgan fingerprint density at radius 3 is 2.56 bits per heavy atom. The first-order chi connectivity index (χ1) is 7.79. The van der Waals surface area contributed by atoms with Gasteiger partial charge in [-0.15, -0.1) is 0 Å². The van der Waals surface area contributed by atoms with Gasteiger partial charge in [0.15, 0.2) is 0 Å². The standard InChI is InChI=1S/C12H13N3O/c1-16-10-4-2-9(3-5-10)15-12-8-14-7-6-11(12)13/h2-8,15H,1H3,(H2,13,14). The third-order valence-corrected chi connectivity index (χ3v) is 2.22. The minimum atomic E-state index is 0.672. The molecule has 2 aromatic rings. The Balaban J connectivity index is 2.18. The van der Waals surface area contributed by atoms with Crippen molar-refractivity contribution in [3.63, 3.8) is 0 Å². The number of ether oxygens (including phenoxy) is 1. The van der Waals surface area contributed by atoms with Crippen LogP contribution in [0.15, 0.2) is 42.7 Å². The highest BCUT2D eigenvalue weighted by molar-refractivity contribution is 5.71. The summed E-state index contributed by atoms with van der Waals surface area (Å²) in [5.74, 6) is 0.824. The average Bonchev–Trinajstić information content (AvgIpc) is 2.33. The number of hydrogen-bond donors (Lipinski definition) is 2. The topological polar surface area (TPSA) is 60.2 Å². The van der Waals surface area contributed by atoms with Crippen LogP contribution >= 0.6 is 0 Å². The molecule has 0 bridgehead atoms. The molecule has 0 fully saturated rings. The van der Waals surface area contributed by atoms with Gasteiger partial charge in [0.2, 0.25) is 0 Å². The van der Waals surface area contributed by atoms with Crippen LogP contribution in [0.2, 0.25) is 0 Å². The van der Waals surface area contributed by atoms with E-state index in [0.717, 1.165) is 17.1 Å². The molecule has 82 valence electrons. The van der Waals surface area contributed by atoms with Gasteiger partial charge < -0.3 is 15.8 Å². The van der Waals surface area contributed by atoms with E-state index in [1.54, 1.807) is 25.6 Å². The van der Waals surface area contributed by atoms with Gasteiger partial charge in [0.05, 0.1) is 24.7 Å². The lowest BCUT2D eigenvalue weighted by Gasteiger charge is -2.08. The van der Waals surface area contributed by atoms with Crippen LogP contribution in [0, 0.1) is 0 Å². The third kappa shape index (κ3) is 2.23. The number of nitrogen functional groups attached to an aromatic ring is 1. The van der Waals surface area contributed by atoms with E-state index in [1.165, 1.54) is 0 Å². The summed E-state index contributed by atoms with van der Waals surface area (Å²) in [6, 6.07) is 9.37. The van der Waals surface area contributed by atoms with Crippen molar-refractivity contribution in [3.05, 3.63) is 42.7 Å². The number of methoxy groups -OCH3 is 1. The second-order valence-corrected chi connectivity index (χ2v) is 3.32. The zero-order valence-corrected chi connectivity index (χ0v) is 8.97. The summed E-state index contributed by atoms with van der Waals surface area (Å²) in [5.41, 5.74) is 8.21. The van der Waals surface area contributed by atoms with Crippen molar-refractivity contribution in [3.8, 4) is 5.75 Å². The molecule has 4 heteroatoms. The van der Waals surface area contributed by atoms with Crippen molar-refractivity contribution in [1.29, 1.82) is 0 Å². The second kappa shape index (κ2) is 4.53. The van der Waals surface area contributed by atoms with Gasteiger partial charge in [0.1, 0.15) is 5.75 Å². The number of nitrogens with one attached hydrogen (secondary N) is 1. The predicted octanol–water partition coefficient (Wildman–Crippen LogP) is 2.42. The van der Waals surface area contributed by atoms with Gasteiger partial charge >= 0.3 is 0 Å². The molecule has 0 spiro atoms. The molecule has 0 amide bonds. The Morgan fingerprint density at radius 1 is 1.19 bits per heavy atom. The summed E-state index contributed by atoms with van der Waals surface area (Å²) >= 11 is 0. The van der Waals surface area contributed by atoms with Crippen LogP contribution in [0.1, 0.15) is 0 Å². The van der Waals surface area contributed by atoms with E-state index in [0.29, 0.717) is 5.69 Å². The SMILES string of the molecule is COc1ccc(Nc2cnccc2N)cc1. The van der Waals surface area contributed by atoms with Crippen LogP contribution in [0.5, 0.6) is 5.75 Å². The number of nitrogens with two attached hydrogens (primary N) is 1. The zero-order valence-electron chi connectivity index (χ0n) is 8.97. The minimum Gasteiger partial charge on any atom is -0.497 e. The Morgan fingerprint density at radius 2 is 1.94 bits per heavy atom. The average molecular weight is 215 g/mol. The second-order valence-electron chi connectivity index (χ2n) is 3.32. The van der Waals surface area contributed by atoms with Crippen molar-refractivity contribution in [2.45, 2.75) is 0 Å². The van der Waals surface area contributed by atoms with Crippen LogP contribution in [-0.4, -0.2) is 12.1 Å². The molecule has 2 rings (SSSR count). The fourth-order valence-corrected chi connectivity index (χ4v) is 1.34. The van der Waals surface area contributed by atoms with Crippen LogP contribution in [0.4, 0.5) is 17.1 Å². The van der Waals surface area contributed by atoms with Gasteiger partial charge in [0, 0.05) is 11.9 Å². The lowest BCUT2D eigenvalue weighted by atomic mass is 10.3. The normalized spacial score (nSPS) is 9.81. The fourth-order valence-electron chi connectivity index (χ4n) is 1.34. The molecular weight excluding hydrogens is 202 g/mol. The number of rotatable bonds is 3. The van der Waals surface area contributed by atoms with E-state index >= 15 is 0 Å². The van der Waals surface area contributed by atoms with Crippen LogP contribution in [0.25, 0.3) is 0 Å². The number of hydrogen-bond acceptors (Lipinski definition) is 4. The first-order valence-electron chi connectivity index (χ1n) is 4.90. The molecule has 1 heterocycles. The van der Waals surface area contributed by atoms with Crippen LogP contribution in [-0.2, 0) is 0 Å². The molecular formula is C12H13N3O. The first-order valence-corrected chi connectivity index (χ1v) is 4.90. The molecule has 0 atom stereocenters. The molecule has 16 heavy (non-hydrogen) atoms. The monoisotopic (exact) mass is 215 g/mol. The predicted molar refractivity (Wildman–Crippen MR) is 64.9 cm³/mol.